The number of rotatable bonds is 8. The monoisotopic (exact) mass is 757 g/mol. The minimum Gasteiger partial charge on any atom is -0.310 e. The van der Waals surface area contributed by atoms with E-state index in [9.17, 15) is 0 Å². The minimum atomic E-state index is 0.00800. The average Bonchev–Trinajstić information content (AvgIpc) is 3.40. The van der Waals surface area contributed by atoms with Crippen LogP contribution in [0, 0.1) is 6.92 Å². The number of benzene rings is 8. The van der Waals surface area contributed by atoms with Crippen LogP contribution in [-0.4, -0.2) is 0 Å². The molecule has 59 heavy (non-hydrogen) atoms. The number of aryl methyl sites for hydroxylation is 1. The molecule has 1 atom stereocenters. The molecule has 0 heterocycles. The fourth-order valence-electron chi connectivity index (χ4n) is 9.62. The van der Waals surface area contributed by atoms with E-state index < -0.39 is 0 Å². The van der Waals surface area contributed by atoms with Gasteiger partial charge in [0.05, 0.1) is 5.69 Å². The molecule has 0 saturated carbocycles. The molecule has 0 fully saturated rings. The predicted octanol–water partition coefficient (Wildman–Crippen LogP) is 16.0. The summed E-state index contributed by atoms with van der Waals surface area (Å²) in [6.45, 7) is 7.02. The van der Waals surface area contributed by atoms with Crippen molar-refractivity contribution in [3.63, 3.8) is 0 Å². The Bertz CT molecular complexity index is 2780. The molecular formula is C58H47N. The number of nitrogens with zero attached hydrogens (tertiary/aromatic N) is 1. The van der Waals surface area contributed by atoms with Crippen LogP contribution in [0.1, 0.15) is 48.1 Å². The summed E-state index contributed by atoms with van der Waals surface area (Å²) in [6.07, 6.45) is 10.9. The van der Waals surface area contributed by atoms with E-state index >= 15 is 0 Å². The second-order valence-corrected chi connectivity index (χ2v) is 16.2. The van der Waals surface area contributed by atoms with Gasteiger partial charge in [-0.05, 0) is 134 Å². The van der Waals surface area contributed by atoms with Gasteiger partial charge in [-0.25, -0.2) is 0 Å². The highest BCUT2D eigenvalue weighted by Crippen LogP contribution is 2.53. The van der Waals surface area contributed by atoms with Gasteiger partial charge in [0.1, 0.15) is 0 Å². The fourth-order valence-corrected chi connectivity index (χ4v) is 9.62. The smallest absolute Gasteiger partial charge is 0.0537 e. The zero-order valence-electron chi connectivity index (χ0n) is 34.0. The quantitative estimate of drug-likeness (QED) is 0.149. The van der Waals surface area contributed by atoms with E-state index in [0.717, 1.165) is 29.9 Å². The lowest BCUT2D eigenvalue weighted by atomic mass is 9.76. The Morgan fingerprint density at radius 2 is 1.03 bits per heavy atom. The molecule has 2 aliphatic rings. The molecule has 284 valence electrons. The molecule has 0 saturated heterocycles. The highest BCUT2D eigenvalue weighted by molar-refractivity contribution is 5.90. The maximum absolute atomic E-state index is 2.46. The maximum atomic E-state index is 2.46. The van der Waals surface area contributed by atoms with Gasteiger partial charge in [0.2, 0.25) is 0 Å². The number of allylic oxidation sites excluding steroid dienone is 3. The lowest BCUT2D eigenvalue weighted by Gasteiger charge is -2.29. The van der Waals surface area contributed by atoms with Gasteiger partial charge in [-0.1, -0.05) is 184 Å². The van der Waals surface area contributed by atoms with Crippen LogP contribution in [0.5, 0.6) is 0 Å². The molecule has 0 aromatic heterocycles. The van der Waals surface area contributed by atoms with Crippen LogP contribution in [0.2, 0.25) is 0 Å². The first kappa shape index (κ1) is 36.4. The maximum Gasteiger partial charge on any atom is 0.0537 e. The van der Waals surface area contributed by atoms with Gasteiger partial charge in [0, 0.05) is 22.4 Å². The standard InChI is InChI=1S/C58H47N/c1-4-58(3)55-39-47(31-36-52(55)54-22-14-15-40(2)57(54)58)45-23-25-46(26-24-45)50-37-38-56(53-21-13-7-12-20-51(50)53)59(48-32-27-43(28-33-48)41-16-8-5-9-17-41)49-34-29-44(30-35-49)42-18-10-6-11-19-42/h5-19,21-39H,4,20H2,1-3H3. The van der Waals surface area contributed by atoms with E-state index in [0.29, 0.717) is 0 Å². The third-order valence-electron chi connectivity index (χ3n) is 12.8. The molecule has 2 aliphatic carbocycles. The van der Waals surface area contributed by atoms with E-state index in [-0.39, 0.29) is 5.41 Å². The van der Waals surface area contributed by atoms with Crippen molar-refractivity contribution in [2.24, 2.45) is 0 Å². The Kier molecular flexibility index (Phi) is 9.30. The first-order valence-electron chi connectivity index (χ1n) is 21.0. The first-order chi connectivity index (χ1) is 29.0. The van der Waals surface area contributed by atoms with E-state index in [1.807, 2.05) is 0 Å². The summed E-state index contributed by atoms with van der Waals surface area (Å²) in [5.41, 5.74) is 22.9. The van der Waals surface area contributed by atoms with Gasteiger partial charge < -0.3 is 4.90 Å². The highest BCUT2D eigenvalue weighted by Gasteiger charge is 2.39. The Hall–Kier alpha value is -6.96. The van der Waals surface area contributed by atoms with Crippen molar-refractivity contribution in [1.29, 1.82) is 0 Å². The van der Waals surface area contributed by atoms with E-state index in [2.05, 4.69) is 232 Å². The molecule has 10 rings (SSSR count). The fraction of sp³-hybridized carbons (Fsp3) is 0.103. The van der Waals surface area contributed by atoms with Crippen LogP contribution in [0.3, 0.4) is 0 Å². The van der Waals surface area contributed by atoms with Crippen molar-refractivity contribution in [2.75, 3.05) is 4.90 Å². The molecular weight excluding hydrogens is 711 g/mol. The summed E-state index contributed by atoms with van der Waals surface area (Å²) in [5.74, 6) is 0. The summed E-state index contributed by atoms with van der Waals surface area (Å²) >= 11 is 0. The molecule has 1 unspecified atom stereocenters. The lowest BCUT2D eigenvalue weighted by molar-refractivity contribution is 0.561. The molecule has 1 heteroatoms. The van der Waals surface area contributed by atoms with Crippen LogP contribution < -0.4 is 4.90 Å². The summed E-state index contributed by atoms with van der Waals surface area (Å²) in [6, 6.07) is 67.0. The largest absolute Gasteiger partial charge is 0.310 e. The second kappa shape index (κ2) is 15.1. The summed E-state index contributed by atoms with van der Waals surface area (Å²) < 4.78 is 0. The topological polar surface area (TPSA) is 3.24 Å². The molecule has 8 aromatic carbocycles. The van der Waals surface area contributed by atoms with Crippen molar-refractivity contribution in [3.8, 4) is 55.6 Å². The molecule has 0 aliphatic heterocycles. The van der Waals surface area contributed by atoms with E-state index in [1.165, 1.54) is 83.5 Å². The molecule has 0 radical (unpaired) electrons. The van der Waals surface area contributed by atoms with Gasteiger partial charge in [-0.3, -0.25) is 0 Å². The van der Waals surface area contributed by atoms with E-state index in [1.54, 1.807) is 0 Å². The first-order valence-corrected chi connectivity index (χ1v) is 21.0. The second-order valence-electron chi connectivity index (χ2n) is 16.2. The Balaban J connectivity index is 1.04. The lowest BCUT2D eigenvalue weighted by Crippen LogP contribution is -2.20. The molecule has 0 N–H and O–H groups in total. The Morgan fingerprint density at radius 3 is 1.66 bits per heavy atom. The number of fused-ring (bicyclic) bond motifs is 4. The third-order valence-corrected chi connectivity index (χ3v) is 12.8. The SMILES string of the molecule is CCC1(C)c2cc(-c3ccc(-c4ccc(N(c5ccc(-c6ccccc6)cc5)c5ccc(-c6ccccc6)cc5)c5c4CC=CC=C5)cc3)ccc2-c2cccc(C)c21. The van der Waals surface area contributed by atoms with E-state index in [4.69, 9.17) is 0 Å². The van der Waals surface area contributed by atoms with Crippen molar-refractivity contribution < 1.29 is 0 Å². The molecule has 0 bridgehead atoms. The zero-order chi connectivity index (χ0) is 39.9. The van der Waals surface area contributed by atoms with Gasteiger partial charge in [0.15, 0.2) is 0 Å². The normalized spacial score (nSPS) is 15.0. The van der Waals surface area contributed by atoms with Crippen molar-refractivity contribution >= 4 is 23.1 Å². The molecule has 0 spiro atoms. The van der Waals surface area contributed by atoms with Crippen molar-refractivity contribution in [1.82, 2.24) is 0 Å². The molecule has 1 nitrogen and oxygen atoms in total. The number of anilines is 3. The van der Waals surface area contributed by atoms with Crippen LogP contribution in [0.15, 0.2) is 200 Å². The van der Waals surface area contributed by atoms with Gasteiger partial charge in [-0.15, -0.1) is 0 Å². The van der Waals surface area contributed by atoms with Gasteiger partial charge >= 0.3 is 0 Å². The summed E-state index contributed by atoms with van der Waals surface area (Å²) in [5, 5.41) is 0. The third kappa shape index (κ3) is 6.44. The van der Waals surface area contributed by atoms with Crippen LogP contribution in [0.4, 0.5) is 17.1 Å². The molecule has 0 amide bonds. The Morgan fingerprint density at radius 1 is 0.492 bits per heavy atom. The van der Waals surface area contributed by atoms with Gasteiger partial charge in [0.25, 0.3) is 0 Å². The number of hydrogen-bond acceptors (Lipinski definition) is 1. The predicted molar refractivity (Wildman–Crippen MR) is 252 cm³/mol. The van der Waals surface area contributed by atoms with Crippen LogP contribution in [0.25, 0.3) is 61.7 Å². The van der Waals surface area contributed by atoms with Crippen LogP contribution >= 0.6 is 0 Å². The van der Waals surface area contributed by atoms with Gasteiger partial charge in [-0.2, -0.15) is 0 Å². The zero-order valence-corrected chi connectivity index (χ0v) is 34.0. The van der Waals surface area contributed by atoms with Crippen LogP contribution in [-0.2, 0) is 11.8 Å². The highest BCUT2D eigenvalue weighted by atomic mass is 15.1. The van der Waals surface area contributed by atoms with Crippen molar-refractivity contribution in [3.05, 3.63) is 228 Å². The summed E-state index contributed by atoms with van der Waals surface area (Å²) in [4.78, 5) is 2.42. The minimum absolute atomic E-state index is 0.00800. The summed E-state index contributed by atoms with van der Waals surface area (Å²) in [7, 11) is 0. The number of hydrogen-bond donors (Lipinski definition) is 0. The van der Waals surface area contributed by atoms with Crippen molar-refractivity contribution in [2.45, 2.75) is 39.0 Å². The Labute approximate surface area is 349 Å². The average molecular weight is 758 g/mol. The molecule has 8 aromatic rings.